The van der Waals surface area contributed by atoms with E-state index in [1.54, 1.807) is 37.3 Å². The van der Waals surface area contributed by atoms with E-state index >= 15 is 0 Å². The van der Waals surface area contributed by atoms with E-state index in [0.29, 0.717) is 49.2 Å². The maximum atomic E-state index is 13.2. The van der Waals surface area contributed by atoms with Gasteiger partial charge in [0, 0.05) is 24.5 Å². The molecule has 3 aliphatic heterocycles. The van der Waals surface area contributed by atoms with Gasteiger partial charge in [0.1, 0.15) is 25.3 Å². The summed E-state index contributed by atoms with van der Waals surface area (Å²) in [7, 11) is 0. The van der Waals surface area contributed by atoms with E-state index in [2.05, 4.69) is 15.5 Å². The molecule has 0 radical (unpaired) electrons. The van der Waals surface area contributed by atoms with Gasteiger partial charge in [-0.05, 0) is 48.9 Å². The van der Waals surface area contributed by atoms with Gasteiger partial charge < -0.3 is 29.7 Å². The number of benzene rings is 2. The minimum atomic E-state index is -1.31. The standard InChI is InChI=1S/C24H26N4O6/c1-24(16-2-7-19-20(14-16)34-13-12-33-19)22(30)28(23(31)26-24)15-21(29)25-17-3-5-18(6-4-17)27-8-10-32-11-9-27/h2-7,14H,8-13,15H2,1H3,(H,25,29)(H,26,31)/t24-/m1/s1. The van der Waals surface area contributed by atoms with Gasteiger partial charge in [0.05, 0.1) is 13.2 Å². The third-order valence-corrected chi connectivity index (χ3v) is 6.22. The lowest BCUT2D eigenvalue weighted by atomic mass is 9.91. The van der Waals surface area contributed by atoms with Gasteiger partial charge >= 0.3 is 6.03 Å². The minimum absolute atomic E-state index is 0.393. The van der Waals surface area contributed by atoms with E-state index in [1.807, 2.05) is 12.1 Å². The Bertz CT molecular complexity index is 1110. The molecule has 0 spiro atoms. The Kier molecular flexibility index (Phi) is 5.74. The number of rotatable bonds is 5. The maximum Gasteiger partial charge on any atom is 0.325 e. The second kappa shape index (κ2) is 8.86. The van der Waals surface area contributed by atoms with Crippen LogP contribution >= 0.6 is 0 Å². The summed E-state index contributed by atoms with van der Waals surface area (Å²) in [5.74, 6) is 0.135. The van der Waals surface area contributed by atoms with Gasteiger partial charge in [0.2, 0.25) is 5.91 Å². The molecule has 2 fully saturated rings. The SMILES string of the molecule is C[C@]1(c2ccc3c(c2)OCCO3)NC(=O)N(CC(=O)Nc2ccc(N3CCOCC3)cc2)C1=O. The molecular weight excluding hydrogens is 440 g/mol. The Balaban J connectivity index is 1.24. The molecule has 0 unspecified atom stereocenters. The Labute approximate surface area is 196 Å². The topological polar surface area (TPSA) is 109 Å². The zero-order valence-electron chi connectivity index (χ0n) is 18.8. The van der Waals surface area contributed by atoms with Gasteiger partial charge in [-0.25, -0.2) is 4.79 Å². The highest BCUT2D eigenvalue weighted by atomic mass is 16.6. The molecule has 10 nitrogen and oxygen atoms in total. The molecular formula is C24H26N4O6. The van der Waals surface area contributed by atoms with Crippen molar-refractivity contribution in [2.75, 3.05) is 56.3 Å². The predicted octanol–water partition coefficient (Wildman–Crippen LogP) is 1.70. The van der Waals surface area contributed by atoms with E-state index in [1.165, 1.54) is 0 Å². The first-order valence-corrected chi connectivity index (χ1v) is 11.2. The summed E-state index contributed by atoms with van der Waals surface area (Å²) < 4.78 is 16.5. The molecule has 2 aromatic rings. The van der Waals surface area contributed by atoms with Crippen molar-refractivity contribution in [3.05, 3.63) is 48.0 Å². The highest BCUT2D eigenvalue weighted by Gasteiger charge is 2.49. The second-order valence-corrected chi connectivity index (χ2v) is 8.50. The molecule has 4 amide bonds. The van der Waals surface area contributed by atoms with Crippen LogP contribution in [0.2, 0.25) is 0 Å². The lowest BCUT2D eigenvalue weighted by Crippen LogP contribution is -2.42. The van der Waals surface area contributed by atoms with Gasteiger partial charge in [-0.2, -0.15) is 0 Å². The average Bonchev–Trinajstić information content (AvgIpc) is 3.08. The van der Waals surface area contributed by atoms with E-state index in [9.17, 15) is 14.4 Å². The number of nitrogens with zero attached hydrogens (tertiary/aromatic N) is 2. The number of nitrogens with one attached hydrogen (secondary N) is 2. The second-order valence-electron chi connectivity index (χ2n) is 8.50. The molecule has 2 saturated heterocycles. The van der Waals surface area contributed by atoms with Gasteiger partial charge in [0.15, 0.2) is 11.5 Å². The van der Waals surface area contributed by atoms with Crippen LogP contribution < -0.4 is 25.0 Å². The smallest absolute Gasteiger partial charge is 0.325 e. The van der Waals surface area contributed by atoms with Crippen LogP contribution in [0.15, 0.2) is 42.5 Å². The van der Waals surface area contributed by atoms with Crippen molar-refractivity contribution in [1.29, 1.82) is 0 Å². The fourth-order valence-corrected chi connectivity index (χ4v) is 4.31. The lowest BCUT2D eigenvalue weighted by Gasteiger charge is -2.28. The van der Waals surface area contributed by atoms with Crippen LogP contribution in [0.1, 0.15) is 12.5 Å². The van der Waals surface area contributed by atoms with Crippen molar-refractivity contribution in [2.45, 2.75) is 12.5 Å². The van der Waals surface area contributed by atoms with Crippen molar-refractivity contribution in [2.24, 2.45) is 0 Å². The molecule has 10 heteroatoms. The minimum Gasteiger partial charge on any atom is -0.486 e. The number of urea groups is 1. The Hall–Kier alpha value is -3.79. The summed E-state index contributed by atoms with van der Waals surface area (Å²) in [6, 6.07) is 11.9. The molecule has 34 heavy (non-hydrogen) atoms. The molecule has 2 N–H and O–H groups in total. The molecule has 3 aliphatic rings. The van der Waals surface area contributed by atoms with Crippen LogP contribution in [0.3, 0.4) is 0 Å². The molecule has 0 aromatic heterocycles. The number of carbonyl (C=O) groups is 3. The Morgan fingerprint density at radius 2 is 1.71 bits per heavy atom. The van der Waals surface area contributed by atoms with Gasteiger partial charge in [-0.3, -0.25) is 14.5 Å². The zero-order valence-corrected chi connectivity index (χ0v) is 18.8. The largest absolute Gasteiger partial charge is 0.486 e. The summed E-state index contributed by atoms with van der Waals surface area (Å²) in [6.45, 7) is 5.10. The van der Waals surface area contributed by atoms with Gasteiger partial charge in [0.25, 0.3) is 5.91 Å². The fraction of sp³-hybridized carbons (Fsp3) is 0.375. The number of hydrogen-bond donors (Lipinski definition) is 2. The predicted molar refractivity (Wildman–Crippen MR) is 123 cm³/mol. The van der Waals surface area contributed by atoms with Crippen molar-refractivity contribution in [1.82, 2.24) is 10.2 Å². The first kappa shape index (κ1) is 22.0. The van der Waals surface area contributed by atoms with Gasteiger partial charge in [-0.15, -0.1) is 0 Å². The van der Waals surface area contributed by atoms with Crippen LogP contribution in [0.25, 0.3) is 0 Å². The number of carbonyl (C=O) groups excluding carboxylic acids is 3. The van der Waals surface area contributed by atoms with Crippen LogP contribution in [-0.2, 0) is 19.9 Å². The highest BCUT2D eigenvalue weighted by molar-refractivity contribution is 6.10. The zero-order chi connectivity index (χ0) is 23.7. The molecule has 2 aromatic carbocycles. The third kappa shape index (κ3) is 4.12. The third-order valence-electron chi connectivity index (χ3n) is 6.22. The summed E-state index contributed by atoms with van der Waals surface area (Å²) in [4.78, 5) is 41.6. The Morgan fingerprint density at radius 3 is 2.44 bits per heavy atom. The van der Waals surface area contributed by atoms with E-state index in [0.717, 1.165) is 23.7 Å². The monoisotopic (exact) mass is 466 g/mol. The highest BCUT2D eigenvalue weighted by Crippen LogP contribution is 2.36. The molecule has 1 atom stereocenters. The van der Waals surface area contributed by atoms with Crippen molar-refractivity contribution in [3.8, 4) is 11.5 Å². The Morgan fingerprint density at radius 1 is 1.00 bits per heavy atom. The number of morpholine rings is 1. The molecule has 5 rings (SSSR count). The first-order valence-electron chi connectivity index (χ1n) is 11.2. The van der Waals surface area contributed by atoms with Crippen molar-refractivity contribution < 1.29 is 28.6 Å². The fourth-order valence-electron chi connectivity index (χ4n) is 4.31. The summed E-state index contributed by atoms with van der Waals surface area (Å²) in [6.07, 6.45) is 0. The number of fused-ring (bicyclic) bond motifs is 1. The molecule has 178 valence electrons. The summed E-state index contributed by atoms with van der Waals surface area (Å²) in [5.41, 5.74) is 0.874. The average molecular weight is 466 g/mol. The van der Waals surface area contributed by atoms with Crippen LogP contribution in [0, 0.1) is 0 Å². The van der Waals surface area contributed by atoms with E-state index < -0.39 is 29.9 Å². The lowest BCUT2D eigenvalue weighted by molar-refractivity contribution is -0.133. The normalized spacial score (nSPS) is 21.9. The van der Waals surface area contributed by atoms with E-state index in [4.69, 9.17) is 14.2 Å². The van der Waals surface area contributed by atoms with E-state index in [-0.39, 0.29) is 0 Å². The number of anilines is 2. The number of hydrogen-bond acceptors (Lipinski definition) is 7. The van der Waals surface area contributed by atoms with Gasteiger partial charge in [-0.1, -0.05) is 6.07 Å². The first-order chi connectivity index (χ1) is 16.4. The van der Waals surface area contributed by atoms with Crippen LogP contribution in [0.4, 0.5) is 16.2 Å². The maximum absolute atomic E-state index is 13.2. The van der Waals surface area contributed by atoms with Crippen molar-refractivity contribution in [3.63, 3.8) is 0 Å². The van der Waals surface area contributed by atoms with Crippen molar-refractivity contribution >= 4 is 29.2 Å². The molecule has 0 saturated carbocycles. The number of ether oxygens (including phenoxy) is 3. The molecule has 0 bridgehead atoms. The molecule has 0 aliphatic carbocycles. The quantitative estimate of drug-likeness (QED) is 0.646. The van der Waals surface area contributed by atoms with Crippen LogP contribution in [0.5, 0.6) is 11.5 Å². The number of amides is 4. The molecule has 3 heterocycles. The van der Waals surface area contributed by atoms with Crippen LogP contribution in [-0.4, -0.2) is 68.8 Å². The summed E-state index contributed by atoms with van der Waals surface area (Å²) >= 11 is 0. The number of imide groups is 1. The summed E-state index contributed by atoms with van der Waals surface area (Å²) in [5, 5.41) is 5.47.